The Bertz CT molecular complexity index is 1230. The fourth-order valence-electron chi connectivity index (χ4n) is 4.75. The van der Waals surface area contributed by atoms with Crippen LogP contribution in [0.3, 0.4) is 0 Å². The van der Waals surface area contributed by atoms with Crippen molar-refractivity contribution in [3.63, 3.8) is 0 Å². The second-order valence-corrected chi connectivity index (χ2v) is 9.70. The second kappa shape index (κ2) is 9.97. The molecule has 0 aliphatic heterocycles. The van der Waals surface area contributed by atoms with Crippen LogP contribution >= 0.6 is 11.3 Å². The van der Waals surface area contributed by atoms with Crippen LogP contribution in [0.2, 0.25) is 0 Å². The summed E-state index contributed by atoms with van der Waals surface area (Å²) in [7, 11) is 3.36. The lowest BCUT2D eigenvalue weighted by Gasteiger charge is -2.26. The van der Waals surface area contributed by atoms with E-state index in [2.05, 4.69) is 38.8 Å². The molecule has 1 atom stereocenters. The van der Waals surface area contributed by atoms with E-state index in [9.17, 15) is 0 Å². The van der Waals surface area contributed by atoms with E-state index in [0.717, 1.165) is 57.0 Å². The van der Waals surface area contributed by atoms with Crippen LogP contribution in [0.1, 0.15) is 56.4 Å². The van der Waals surface area contributed by atoms with E-state index in [1.54, 1.807) is 25.6 Å². The lowest BCUT2D eigenvalue weighted by Crippen LogP contribution is -2.23. The van der Waals surface area contributed by atoms with Crippen LogP contribution in [0.5, 0.6) is 0 Å². The van der Waals surface area contributed by atoms with Crippen molar-refractivity contribution in [1.29, 1.82) is 0 Å². The Kier molecular flexibility index (Phi) is 6.62. The summed E-state index contributed by atoms with van der Waals surface area (Å²) in [4.78, 5) is 9.37. The number of nitrogens with one attached hydrogen (secondary N) is 2. The summed E-state index contributed by atoms with van der Waals surface area (Å²) in [5, 5.41) is 17.5. The summed E-state index contributed by atoms with van der Waals surface area (Å²) < 4.78 is 11.1. The van der Waals surface area contributed by atoms with E-state index in [4.69, 9.17) is 14.5 Å². The van der Waals surface area contributed by atoms with Gasteiger partial charge in [-0.3, -0.25) is 4.98 Å². The van der Waals surface area contributed by atoms with E-state index in [1.807, 2.05) is 24.4 Å². The third-order valence-corrected chi connectivity index (χ3v) is 7.49. The first-order valence-electron chi connectivity index (χ1n) is 11.8. The summed E-state index contributed by atoms with van der Waals surface area (Å²) in [5.74, 6) is 2.90. The molecule has 178 valence electrons. The predicted octanol–water partition coefficient (Wildman–Crippen LogP) is 5.91. The number of aromatic nitrogens is 4. The highest BCUT2D eigenvalue weighted by Gasteiger charge is 2.23. The Morgan fingerprint density at radius 2 is 1.94 bits per heavy atom. The Hall–Kier alpha value is -3.20. The van der Waals surface area contributed by atoms with Crippen molar-refractivity contribution < 1.29 is 9.47 Å². The fraction of sp³-hybridized carbons (Fsp3) is 0.440. The standard InChI is InChI=1S/C25H30N6O2S/c1-4-15-11-17(13-21(32-2)23(15)33-3)27-18-12-20-19(26-14-18)9-10-22(28-20)29-25-31-30-24(34-25)16-7-5-6-8-16/h9-10,12-14,16-17,27H,4-8,11H2,1-3H3,(H,28,29,31). The minimum absolute atomic E-state index is 0.0831. The molecule has 1 saturated carbocycles. The fourth-order valence-corrected chi connectivity index (χ4v) is 5.67. The lowest BCUT2D eigenvalue weighted by atomic mass is 9.95. The molecule has 2 aliphatic rings. The van der Waals surface area contributed by atoms with Gasteiger partial charge in [0.15, 0.2) is 11.5 Å². The van der Waals surface area contributed by atoms with Crippen molar-refractivity contribution in [3.8, 4) is 0 Å². The Morgan fingerprint density at radius 1 is 1.09 bits per heavy atom. The maximum atomic E-state index is 5.57. The van der Waals surface area contributed by atoms with Crippen LogP contribution in [-0.2, 0) is 9.47 Å². The SMILES string of the molecule is CCC1=C(OC)C(OC)=CC(Nc2cnc3ccc(Nc4nnc(C5CCCC5)s4)nc3c2)C1. The summed E-state index contributed by atoms with van der Waals surface area (Å²) in [5.41, 5.74) is 3.79. The molecule has 5 rings (SSSR count). The number of hydrogen-bond acceptors (Lipinski definition) is 9. The molecule has 3 aromatic rings. The molecule has 0 radical (unpaired) electrons. The van der Waals surface area contributed by atoms with Gasteiger partial charge in [0.2, 0.25) is 5.13 Å². The third kappa shape index (κ3) is 4.70. The maximum absolute atomic E-state index is 5.57. The van der Waals surface area contributed by atoms with Gasteiger partial charge in [-0.1, -0.05) is 31.1 Å². The van der Waals surface area contributed by atoms with Gasteiger partial charge in [0, 0.05) is 5.92 Å². The van der Waals surface area contributed by atoms with Gasteiger partial charge in [0.05, 0.1) is 43.2 Å². The Morgan fingerprint density at radius 3 is 2.71 bits per heavy atom. The van der Waals surface area contributed by atoms with Crippen molar-refractivity contribution in [2.75, 3.05) is 24.9 Å². The zero-order chi connectivity index (χ0) is 23.5. The highest BCUT2D eigenvalue weighted by molar-refractivity contribution is 7.15. The van der Waals surface area contributed by atoms with Crippen LogP contribution in [0.25, 0.3) is 11.0 Å². The zero-order valence-electron chi connectivity index (χ0n) is 19.8. The number of nitrogens with zero attached hydrogens (tertiary/aromatic N) is 4. The number of fused-ring (bicyclic) bond motifs is 1. The molecule has 3 heterocycles. The minimum atomic E-state index is 0.0831. The summed E-state index contributed by atoms with van der Waals surface area (Å²) in [6.07, 6.45) is 10.7. The van der Waals surface area contributed by atoms with E-state index in [0.29, 0.717) is 5.92 Å². The van der Waals surface area contributed by atoms with Crippen molar-refractivity contribution in [3.05, 3.63) is 52.6 Å². The predicted molar refractivity (Wildman–Crippen MR) is 135 cm³/mol. The minimum Gasteiger partial charge on any atom is -0.493 e. The molecule has 8 nitrogen and oxygen atoms in total. The van der Waals surface area contributed by atoms with Gasteiger partial charge in [-0.15, -0.1) is 10.2 Å². The molecule has 2 aliphatic carbocycles. The highest BCUT2D eigenvalue weighted by Crippen LogP contribution is 2.37. The van der Waals surface area contributed by atoms with Crippen LogP contribution in [0.4, 0.5) is 16.6 Å². The molecule has 0 saturated heterocycles. The number of anilines is 3. The number of rotatable bonds is 8. The molecule has 0 aromatic carbocycles. The number of hydrogen-bond donors (Lipinski definition) is 2. The monoisotopic (exact) mass is 478 g/mol. The van der Waals surface area contributed by atoms with E-state index < -0.39 is 0 Å². The van der Waals surface area contributed by atoms with Gasteiger partial charge >= 0.3 is 0 Å². The molecule has 0 spiro atoms. The van der Waals surface area contributed by atoms with Gasteiger partial charge in [-0.25, -0.2) is 4.98 Å². The molecule has 9 heteroatoms. The molecule has 1 unspecified atom stereocenters. The van der Waals surface area contributed by atoms with Gasteiger partial charge in [0.25, 0.3) is 0 Å². The molecule has 34 heavy (non-hydrogen) atoms. The number of pyridine rings is 2. The van der Waals surface area contributed by atoms with Gasteiger partial charge < -0.3 is 20.1 Å². The van der Waals surface area contributed by atoms with Crippen molar-refractivity contribution in [1.82, 2.24) is 20.2 Å². The van der Waals surface area contributed by atoms with Crippen LogP contribution in [-0.4, -0.2) is 40.4 Å². The van der Waals surface area contributed by atoms with Crippen LogP contribution in [0.15, 0.2) is 47.6 Å². The zero-order valence-corrected chi connectivity index (χ0v) is 20.6. The first-order chi connectivity index (χ1) is 16.7. The van der Waals surface area contributed by atoms with Crippen LogP contribution in [0, 0.1) is 0 Å². The first kappa shape index (κ1) is 22.6. The Balaban J connectivity index is 1.32. The first-order valence-corrected chi connectivity index (χ1v) is 12.6. The normalized spacial score (nSPS) is 18.8. The maximum Gasteiger partial charge on any atom is 0.211 e. The summed E-state index contributed by atoms with van der Waals surface area (Å²) in [6, 6.07) is 6.01. The molecule has 2 N–H and O–H groups in total. The van der Waals surface area contributed by atoms with Crippen LogP contribution < -0.4 is 10.6 Å². The van der Waals surface area contributed by atoms with Crippen molar-refractivity contribution >= 4 is 39.0 Å². The van der Waals surface area contributed by atoms with E-state index in [-0.39, 0.29) is 6.04 Å². The molecular weight excluding hydrogens is 448 g/mol. The molecule has 0 amide bonds. The summed E-state index contributed by atoms with van der Waals surface area (Å²) >= 11 is 1.63. The van der Waals surface area contributed by atoms with E-state index in [1.165, 1.54) is 31.3 Å². The molecule has 0 bridgehead atoms. The van der Waals surface area contributed by atoms with Gasteiger partial charge in [-0.2, -0.15) is 0 Å². The molecule has 3 aromatic heterocycles. The lowest BCUT2D eigenvalue weighted by molar-refractivity contribution is 0.210. The average Bonchev–Trinajstić information content (AvgIpc) is 3.55. The molecule has 1 fully saturated rings. The largest absolute Gasteiger partial charge is 0.493 e. The molecular formula is C25H30N6O2S. The summed E-state index contributed by atoms with van der Waals surface area (Å²) in [6.45, 7) is 2.13. The highest BCUT2D eigenvalue weighted by atomic mass is 32.1. The Labute approximate surface area is 203 Å². The van der Waals surface area contributed by atoms with Crippen molar-refractivity contribution in [2.45, 2.75) is 57.4 Å². The van der Waals surface area contributed by atoms with E-state index >= 15 is 0 Å². The third-order valence-electron chi connectivity index (χ3n) is 6.48. The average molecular weight is 479 g/mol. The van der Waals surface area contributed by atoms with Gasteiger partial charge in [-0.05, 0) is 55.5 Å². The quantitative estimate of drug-likeness (QED) is 0.413. The topological polar surface area (TPSA) is 94.1 Å². The van der Waals surface area contributed by atoms with Gasteiger partial charge in [0.1, 0.15) is 10.8 Å². The van der Waals surface area contributed by atoms with Crippen molar-refractivity contribution in [2.24, 2.45) is 0 Å². The second-order valence-electron chi connectivity index (χ2n) is 8.69. The smallest absolute Gasteiger partial charge is 0.211 e. The number of ether oxygens (including phenoxy) is 2. The number of methoxy groups -OCH3 is 2.